The number of benzene rings is 1. The molecular formula is C14H18BrNOS. The molecule has 0 unspecified atom stereocenters. The lowest BCUT2D eigenvalue weighted by atomic mass is 10.1. The first-order valence-corrected chi connectivity index (χ1v) is 7.52. The molecule has 1 amide bonds. The van der Waals surface area contributed by atoms with Crippen LogP contribution in [0.15, 0.2) is 27.6 Å². The number of thiol groups is 1. The standard InChI is InChI=1S/C14H18BrNOS/c1-9(2)8-16(10-3-4-10)14(17)12-7-11(18)5-6-13(12)15/h5-7,9-10,18H,3-4,8H2,1-2H3. The first-order chi connectivity index (χ1) is 8.49. The Morgan fingerprint density at radius 1 is 1.50 bits per heavy atom. The van der Waals surface area contributed by atoms with E-state index in [0.29, 0.717) is 12.0 Å². The Morgan fingerprint density at radius 3 is 2.72 bits per heavy atom. The van der Waals surface area contributed by atoms with Crippen LogP contribution in [-0.4, -0.2) is 23.4 Å². The Labute approximate surface area is 122 Å². The maximum Gasteiger partial charge on any atom is 0.255 e. The third-order valence-corrected chi connectivity index (χ3v) is 3.96. The van der Waals surface area contributed by atoms with E-state index in [1.165, 1.54) is 0 Å². The molecule has 0 spiro atoms. The monoisotopic (exact) mass is 327 g/mol. The minimum Gasteiger partial charge on any atom is -0.335 e. The van der Waals surface area contributed by atoms with Crippen LogP contribution in [0.4, 0.5) is 0 Å². The van der Waals surface area contributed by atoms with Crippen LogP contribution in [0.25, 0.3) is 0 Å². The van der Waals surface area contributed by atoms with E-state index in [2.05, 4.69) is 42.4 Å². The largest absolute Gasteiger partial charge is 0.335 e. The van der Waals surface area contributed by atoms with Crippen LogP contribution in [-0.2, 0) is 0 Å². The molecule has 0 bridgehead atoms. The minimum atomic E-state index is 0.119. The quantitative estimate of drug-likeness (QED) is 0.829. The Kier molecular flexibility index (Phi) is 4.38. The molecule has 0 saturated heterocycles. The molecule has 1 aliphatic rings. The zero-order valence-corrected chi connectivity index (χ0v) is 13.2. The van der Waals surface area contributed by atoms with Gasteiger partial charge in [0.1, 0.15) is 0 Å². The summed E-state index contributed by atoms with van der Waals surface area (Å²) in [6.45, 7) is 5.12. The lowest BCUT2D eigenvalue weighted by molar-refractivity contribution is 0.0721. The van der Waals surface area contributed by atoms with Crippen molar-refractivity contribution in [2.45, 2.75) is 37.6 Å². The highest BCUT2D eigenvalue weighted by Gasteiger charge is 2.33. The maximum atomic E-state index is 12.6. The fraction of sp³-hybridized carbons (Fsp3) is 0.500. The lowest BCUT2D eigenvalue weighted by Crippen LogP contribution is -2.36. The average molecular weight is 328 g/mol. The van der Waals surface area contributed by atoms with Gasteiger partial charge in [-0.2, -0.15) is 0 Å². The van der Waals surface area contributed by atoms with Crippen LogP contribution in [0.3, 0.4) is 0 Å². The zero-order chi connectivity index (χ0) is 13.3. The first kappa shape index (κ1) is 13.9. The topological polar surface area (TPSA) is 20.3 Å². The molecule has 0 N–H and O–H groups in total. The second-order valence-electron chi connectivity index (χ2n) is 5.25. The van der Waals surface area contributed by atoms with E-state index in [9.17, 15) is 4.79 Å². The van der Waals surface area contributed by atoms with Crippen LogP contribution >= 0.6 is 28.6 Å². The predicted molar refractivity (Wildman–Crippen MR) is 80.3 cm³/mol. The van der Waals surface area contributed by atoms with Gasteiger partial charge in [-0.25, -0.2) is 0 Å². The fourth-order valence-electron chi connectivity index (χ4n) is 2.01. The molecule has 98 valence electrons. The van der Waals surface area contributed by atoms with E-state index in [1.54, 1.807) is 0 Å². The van der Waals surface area contributed by atoms with Gasteiger partial charge in [0.05, 0.1) is 5.56 Å². The molecule has 1 aromatic carbocycles. The summed E-state index contributed by atoms with van der Waals surface area (Å²) in [7, 11) is 0. The molecule has 1 fully saturated rings. The summed E-state index contributed by atoms with van der Waals surface area (Å²) in [6, 6.07) is 6.05. The van der Waals surface area contributed by atoms with Gasteiger partial charge in [-0.15, -0.1) is 12.6 Å². The highest BCUT2D eigenvalue weighted by Crippen LogP contribution is 2.31. The van der Waals surface area contributed by atoms with Crippen LogP contribution in [0.2, 0.25) is 0 Å². The van der Waals surface area contributed by atoms with E-state index < -0.39 is 0 Å². The molecule has 0 heterocycles. The van der Waals surface area contributed by atoms with Gasteiger partial charge in [-0.1, -0.05) is 13.8 Å². The molecule has 0 aromatic heterocycles. The van der Waals surface area contributed by atoms with Crippen molar-refractivity contribution in [1.82, 2.24) is 4.90 Å². The Bertz CT molecular complexity index is 457. The predicted octanol–water partition coefficient (Wildman–Crippen LogP) is 4.00. The minimum absolute atomic E-state index is 0.119. The number of rotatable bonds is 4. The van der Waals surface area contributed by atoms with Gasteiger partial charge in [0.25, 0.3) is 5.91 Å². The number of amides is 1. The summed E-state index contributed by atoms with van der Waals surface area (Å²) in [4.78, 5) is 15.4. The molecule has 1 aliphatic carbocycles. The third kappa shape index (κ3) is 3.29. The Morgan fingerprint density at radius 2 is 2.17 bits per heavy atom. The van der Waals surface area contributed by atoms with Crippen molar-refractivity contribution in [3.8, 4) is 0 Å². The number of hydrogen-bond donors (Lipinski definition) is 1. The molecule has 1 saturated carbocycles. The normalized spacial score (nSPS) is 14.9. The van der Waals surface area contributed by atoms with Gasteiger partial charge in [0, 0.05) is 22.0 Å². The molecule has 2 rings (SSSR count). The summed E-state index contributed by atoms with van der Waals surface area (Å²) < 4.78 is 0.847. The molecule has 0 atom stereocenters. The number of hydrogen-bond acceptors (Lipinski definition) is 2. The average Bonchev–Trinajstić information content (AvgIpc) is 3.12. The van der Waals surface area contributed by atoms with Crippen molar-refractivity contribution in [2.24, 2.45) is 5.92 Å². The summed E-state index contributed by atoms with van der Waals surface area (Å²) in [5.74, 6) is 0.612. The van der Waals surface area contributed by atoms with Gasteiger partial charge in [0.15, 0.2) is 0 Å². The summed E-state index contributed by atoms with van der Waals surface area (Å²) in [5.41, 5.74) is 0.718. The molecule has 2 nitrogen and oxygen atoms in total. The van der Waals surface area contributed by atoms with Crippen LogP contribution in [0, 0.1) is 5.92 Å². The number of carbonyl (C=O) groups excluding carboxylic acids is 1. The van der Waals surface area contributed by atoms with E-state index in [-0.39, 0.29) is 5.91 Å². The Hall–Kier alpha value is -0.480. The molecule has 0 aliphatic heterocycles. The van der Waals surface area contributed by atoms with Crippen molar-refractivity contribution >= 4 is 34.5 Å². The molecule has 4 heteroatoms. The van der Waals surface area contributed by atoms with Crippen molar-refractivity contribution in [3.63, 3.8) is 0 Å². The van der Waals surface area contributed by atoms with E-state index in [4.69, 9.17) is 0 Å². The smallest absolute Gasteiger partial charge is 0.255 e. The van der Waals surface area contributed by atoms with E-state index in [1.807, 2.05) is 23.1 Å². The molecule has 18 heavy (non-hydrogen) atoms. The van der Waals surface area contributed by atoms with Crippen molar-refractivity contribution in [3.05, 3.63) is 28.2 Å². The van der Waals surface area contributed by atoms with Gasteiger partial charge < -0.3 is 4.90 Å². The van der Waals surface area contributed by atoms with Crippen molar-refractivity contribution in [2.75, 3.05) is 6.54 Å². The fourth-order valence-corrected chi connectivity index (χ4v) is 2.63. The maximum absolute atomic E-state index is 12.6. The Balaban J connectivity index is 2.24. The van der Waals surface area contributed by atoms with Crippen molar-refractivity contribution in [1.29, 1.82) is 0 Å². The summed E-state index contributed by atoms with van der Waals surface area (Å²) in [5, 5.41) is 0. The van der Waals surface area contributed by atoms with Crippen LogP contribution < -0.4 is 0 Å². The van der Waals surface area contributed by atoms with Gasteiger partial charge in [-0.3, -0.25) is 4.79 Å². The number of carbonyl (C=O) groups is 1. The molecule has 0 radical (unpaired) electrons. The third-order valence-electron chi connectivity index (χ3n) is 2.99. The number of nitrogens with zero attached hydrogens (tertiary/aromatic N) is 1. The van der Waals surface area contributed by atoms with E-state index in [0.717, 1.165) is 34.3 Å². The molecular weight excluding hydrogens is 310 g/mol. The second kappa shape index (κ2) is 5.66. The zero-order valence-electron chi connectivity index (χ0n) is 10.7. The van der Waals surface area contributed by atoms with Crippen molar-refractivity contribution < 1.29 is 4.79 Å². The van der Waals surface area contributed by atoms with Crippen LogP contribution in [0.1, 0.15) is 37.0 Å². The number of halogens is 1. The van der Waals surface area contributed by atoms with Gasteiger partial charge in [0.2, 0.25) is 0 Å². The SMILES string of the molecule is CC(C)CN(C(=O)c1cc(S)ccc1Br)C1CC1. The van der Waals surface area contributed by atoms with Gasteiger partial charge in [-0.05, 0) is 52.9 Å². The highest BCUT2D eigenvalue weighted by atomic mass is 79.9. The molecule has 1 aromatic rings. The van der Waals surface area contributed by atoms with Crippen LogP contribution in [0.5, 0.6) is 0 Å². The lowest BCUT2D eigenvalue weighted by Gasteiger charge is -2.25. The second-order valence-corrected chi connectivity index (χ2v) is 6.62. The first-order valence-electron chi connectivity index (χ1n) is 6.28. The summed E-state index contributed by atoms with van der Waals surface area (Å²) in [6.07, 6.45) is 2.27. The summed E-state index contributed by atoms with van der Waals surface area (Å²) >= 11 is 7.76. The van der Waals surface area contributed by atoms with Gasteiger partial charge >= 0.3 is 0 Å². The highest BCUT2D eigenvalue weighted by molar-refractivity contribution is 9.10. The van der Waals surface area contributed by atoms with E-state index >= 15 is 0 Å².